The second-order valence-electron chi connectivity index (χ2n) is 16.0. The largest absolute Gasteiger partial charge is 0.375 e. The first-order chi connectivity index (χ1) is 30.1. The van der Waals surface area contributed by atoms with Crippen LogP contribution in [0.3, 0.4) is 0 Å². The first-order valence-electron chi connectivity index (χ1n) is 20.8. The van der Waals surface area contributed by atoms with E-state index in [0.717, 1.165) is 70.9 Å². The Kier molecular flexibility index (Phi) is 10.9. The van der Waals surface area contributed by atoms with Crippen molar-refractivity contribution >= 4 is 24.3 Å². The molecule has 6 aromatic heterocycles. The predicted octanol–water partition coefficient (Wildman–Crippen LogP) is 7.35. The third-order valence-corrected chi connectivity index (χ3v) is 11.4. The molecule has 2 aliphatic heterocycles. The number of pyridine rings is 2. The van der Waals surface area contributed by atoms with E-state index in [-0.39, 0.29) is 0 Å². The molecular formula is C48H48N12O2. The van der Waals surface area contributed by atoms with E-state index in [1.54, 1.807) is 21.8 Å². The highest BCUT2D eigenvalue weighted by Gasteiger charge is 2.42. The van der Waals surface area contributed by atoms with Gasteiger partial charge in [0.1, 0.15) is 0 Å². The number of hydrogen-bond donors (Lipinski definition) is 2. The summed E-state index contributed by atoms with van der Waals surface area (Å²) in [6.07, 6.45) is 21.7. The summed E-state index contributed by atoms with van der Waals surface area (Å²) in [6.45, 7) is 9.61. The van der Waals surface area contributed by atoms with Crippen molar-refractivity contribution in [2.24, 2.45) is 0 Å². The smallest absolute Gasteiger partial charge is 0.174 e. The molecule has 2 aromatic carbocycles. The third kappa shape index (κ3) is 8.05. The van der Waals surface area contributed by atoms with Gasteiger partial charge in [-0.2, -0.15) is 10.2 Å². The fourth-order valence-electron chi connectivity index (χ4n) is 8.27. The molecule has 62 heavy (non-hydrogen) atoms. The number of rotatable bonds is 8. The van der Waals surface area contributed by atoms with E-state index in [1.807, 2.05) is 109 Å². The van der Waals surface area contributed by atoms with Crippen molar-refractivity contribution in [1.82, 2.24) is 58.6 Å². The molecule has 312 valence electrons. The number of benzene rings is 2. The average molecular weight is 825 g/mol. The van der Waals surface area contributed by atoms with Crippen LogP contribution in [0.5, 0.6) is 0 Å². The highest BCUT2D eigenvalue weighted by molar-refractivity contribution is 5.69. The summed E-state index contributed by atoms with van der Waals surface area (Å²) < 4.78 is 7.66. The maximum Gasteiger partial charge on any atom is 0.174 e. The monoisotopic (exact) mass is 824 g/mol. The first kappa shape index (κ1) is 40.3. The van der Waals surface area contributed by atoms with Gasteiger partial charge in [0, 0.05) is 49.3 Å². The van der Waals surface area contributed by atoms with Crippen LogP contribution in [0.1, 0.15) is 94.0 Å². The van der Waals surface area contributed by atoms with E-state index in [0.29, 0.717) is 47.5 Å². The third-order valence-electron chi connectivity index (χ3n) is 11.4. The van der Waals surface area contributed by atoms with Gasteiger partial charge in [-0.3, -0.25) is 9.97 Å². The van der Waals surface area contributed by atoms with Gasteiger partial charge in [-0.25, -0.2) is 29.3 Å². The fraction of sp³-hybridized carbons (Fsp3) is 0.250. The Bertz CT molecular complexity index is 2710. The molecule has 10 rings (SSSR count). The summed E-state index contributed by atoms with van der Waals surface area (Å²) in [6, 6.07) is 23.7. The van der Waals surface area contributed by atoms with Crippen molar-refractivity contribution < 1.29 is 10.2 Å². The maximum absolute atomic E-state index is 11.4. The minimum absolute atomic E-state index is 0.555. The highest BCUT2D eigenvalue weighted by atomic mass is 16.3. The summed E-state index contributed by atoms with van der Waals surface area (Å²) in [5.74, 6) is 2.27. The molecule has 0 radical (unpaired) electrons. The van der Waals surface area contributed by atoms with E-state index in [9.17, 15) is 10.2 Å². The molecule has 2 aliphatic rings. The lowest BCUT2D eigenvalue weighted by Crippen LogP contribution is -2.36. The zero-order valence-electron chi connectivity index (χ0n) is 35.2. The van der Waals surface area contributed by atoms with Crippen LogP contribution in [0.2, 0.25) is 0 Å². The molecule has 0 bridgehead atoms. The lowest BCUT2D eigenvalue weighted by atomic mass is 9.90. The number of aliphatic hydroxyl groups is 2. The van der Waals surface area contributed by atoms with E-state index in [1.165, 1.54) is 0 Å². The van der Waals surface area contributed by atoms with Crippen LogP contribution < -0.4 is 0 Å². The number of imidazole rings is 2. The van der Waals surface area contributed by atoms with Crippen LogP contribution >= 0.6 is 0 Å². The molecular weight excluding hydrogens is 777 g/mol. The SMILES string of the molecule is Cc1cn(-c2ccc(/C=C/c3nc4n(n3)CCC[C@@]4(O)c3ccccn3)cc2C)cn1.Cc1cn(-c2ccc(/C=C/c3nc4n(n3)CCC[C@]4(O)c3ccccn3)cc2C)cn1. The molecule has 0 saturated heterocycles. The van der Waals surface area contributed by atoms with Gasteiger partial charge in [-0.1, -0.05) is 36.4 Å². The van der Waals surface area contributed by atoms with Gasteiger partial charge >= 0.3 is 0 Å². The molecule has 2 N–H and O–H groups in total. The minimum atomic E-state index is -1.21. The minimum Gasteiger partial charge on any atom is -0.375 e. The maximum atomic E-state index is 11.4. The Labute approximate surface area is 359 Å². The van der Waals surface area contributed by atoms with Gasteiger partial charge in [0.25, 0.3) is 0 Å². The molecule has 0 aliphatic carbocycles. The zero-order valence-corrected chi connectivity index (χ0v) is 35.2. The van der Waals surface area contributed by atoms with Gasteiger partial charge in [-0.05, 0) is 136 Å². The van der Waals surface area contributed by atoms with Crippen LogP contribution in [0.15, 0.2) is 110 Å². The molecule has 0 spiro atoms. The van der Waals surface area contributed by atoms with Crippen molar-refractivity contribution in [1.29, 1.82) is 0 Å². The lowest BCUT2D eigenvalue weighted by Gasteiger charge is -2.30. The second kappa shape index (κ2) is 16.7. The Morgan fingerprint density at radius 3 is 1.37 bits per heavy atom. The molecule has 2 atom stereocenters. The van der Waals surface area contributed by atoms with Crippen molar-refractivity contribution in [3.63, 3.8) is 0 Å². The molecule has 14 nitrogen and oxygen atoms in total. The Hall–Kier alpha value is -7.16. The number of aryl methyl sites for hydroxylation is 6. The van der Waals surface area contributed by atoms with E-state index in [4.69, 9.17) is 0 Å². The van der Waals surface area contributed by atoms with Gasteiger partial charge in [0.05, 0.1) is 35.4 Å². The van der Waals surface area contributed by atoms with Crippen molar-refractivity contribution in [2.45, 2.75) is 77.7 Å². The van der Waals surface area contributed by atoms with Gasteiger partial charge in [0.15, 0.2) is 34.5 Å². The number of hydrogen-bond acceptors (Lipinski definition) is 10. The summed E-state index contributed by atoms with van der Waals surface area (Å²) in [7, 11) is 0. The predicted molar refractivity (Wildman–Crippen MR) is 237 cm³/mol. The van der Waals surface area contributed by atoms with Crippen LogP contribution in [-0.4, -0.2) is 68.8 Å². The van der Waals surface area contributed by atoms with Gasteiger partial charge in [0.2, 0.25) is 0 Å². The summed E-state index contributed by atoms with van der Waals surface area (Å²) in [5.41, 5.74) is 7.42. The molecule has 14 heteroatoms. The lowest BCUT2D eigenvalue weighted by molar-refractivity contribution is 0.0351. The van der Waals surface area contributed by atoms with Crippen LogP contribution in [-0.2, 0) is 24.3 Å². The Balaban J connectivity index is 0.000000158. The van der Waals surface area contributed by atoms with E-state index in [2.05, 4.69) is 90.3 Å². The standard InChI is InChI=1S/2C24H24N6O/c2*1-17-14-19(7-9-20(17)29-15-18(2)26-16-29)8-10-22-27-23-24(31,11-5-13-30(23)28-22)21-6-3-4-12-25-21/h2*3-4,6-10,12,14-16,31H,5,11,13H2,1-2H3/b2*10-8+/t2*24-/m10/s1. The molecule has 8 heterocycles. The van der Waals surface area contributed by atoms with E-state index >= 15 is 0 Å². The highest BCUT2D eigenvalue weighted by Crippen LogP contribution is 2.37. The van der Waals surface area contributed by atoms with Crippen LogP contribution in [0.4, 0.5) is 0 Å². The van der Waals surface area contributed by atoms with E-state index < -0.39 is 11.2 Å². The topological polar surface area (TPSA) is 163 Å². The van der Waals surface area contributed by atoms with Crippen molar-refractivity contribution in [3.05, 3.63) is 179 Å². The Morgan fingerprint density at radius 2 is 1.00 bits per heavy atom. The summed E-state index contributed by atoms with van der Waals surface area (Å²) in [5, 5.41) is 31.9. The summed E-state index contributed by atoms with van der Waals surface area (Å²) in [4.78, 5) is 26.6. The quantitative estimate of drug-likeness (QED) is 0.158. The number of nitrogens with zero attached hydrogens (tertiary/aromatic N) is 12. The second-order valence-corrected chi connectivity index (χ2v) is 16.0. The first-order valence-corrected chi connectivity index (χ1v) is 20.8. The number of fused-ring (bicyclic) bond motifs is 2. The molecule has 8 aromatic rings. The van der Waals surface area contributed by atoms with Crippen LogP contribution in [0.25, 0.3) is 35.7 Å². The molecule has 0 amide bonds. The Morgan fingerprint density at radius 1 is 0.548 bits per heavy atom. The normalized spacial score (nSPS) is 18.4. The molecule has 0 fully saturated rings. The fourth-order valence-corrected chi connectivity index (χ4v) is 8.27. The van der Waals surface area contributed by atoms with Gasteiger partial charge in [-0.15, -0.1) is 0 Å². The zero-order chi connectivity index (χ0) is 42.8. The molecule has 0 unspecified atom stereocenters. The van der Waals surface area contributed by atoms with Gasteiger partial charge < -0.3 is 19.3 Å². The number of aromatic nitrogens is 12. The van der Waals surface area contributed by atoms with Crippen molar-refractivity contribution in [3.8, 4) is 11.4 Å². The average Bonchev–Trinajstić information content (AvgIpc) is 4.11. The van der Waals surface area contributed by atoms with Crippen molar-refractivity contribution in [2.75, 3.05) is 0 Å². The molecule has 0 saturated carbocycles. The summed E-state index contributed by atoms with van der Waals surface area (Å²) >= 11 is 0. The van der Waals surface area contributed by atoms with Crippen LogP contribution in [0, 0.1) is 27.7 Å².